The first-order chi connectivity index (χ1) is 6.49. The fraction of sp³-hybridized carbons (Fsp3) is 0.111. The van der Waals surface area contributed by atoms with Gasteiger partial charge in [-0.1, -0.05) is 6.08 Å². The summed E-state index contributed by atoms with van der Waals surface area (Å²) in [7, 11) is 0. The van der Waals surface area contributed by atoms with E-state index in [0.29, 0.717) is 0 Å². The minimum absolute atomic E-state index is 0.0832. The summed E-state index contributed by atoms with van der Waals surface area (Å²) >= 11 is 2.81. The zero-order valence-electron chi connectivity index (χ0n) is 7.10. The van der Waals surface area contributed by atoms with E-state index in [2.05, 4.69) is 22.5 Å². The fourth-order valence-electron chi connectivity index (χ4n) is 0.985. The van der Waals surface area contributed by atoms with E-state index in [4.69, 9.17) is 5.73 Å². The molecular formula is C9H8BrF2NO. The summed E-state index contributed by atoms with van der Waals surface area (Å²) in [5.74, 6) is -3.23. The minimum atomic E-state index is -1.31. The third-order valence-corrected chi connectivity index (χ3v) is 2.36. The molecule has 0 amide bonds. The summed E-state index contributed by atoms with van der Waals surface area (Å²) < 4.78 is 25.8. The number of benzene rings is 1. The first-order valence-electron chi connectivity index (χ1n) is 3.73. The van der Waals surface area contributed by atoms with Gasteiger partial charge in [-0.2, -0.15) is 4.39 Å². The van der Waals surface area contributed by atoms with E-state index in [9.17, 15) is 13.9 Å². The number of halogens is 3. The Hall–Kier alpha value is -0.940. The molecule has 0 saturated heterocycles. The molecule has 0 unspecified atom stereocenters. The maximum atomic E-state index is 13.0. The van der Waals surface area contributed by atoms with Crippen LogP contribution in [-0.4, -0.2) is 5.11 Å². The molecule has 0 aliphatic rings. The summed E-state index contributed by atoms with van der Waals surface area (Å²) in [4.78, 5) is 0. The van der Waals surface area contributed by atoms with Crippen molar-refractivity contribution in [1.29, 1.82) is 0 Å². The molecule has 0 radical (unpaired) electrons. The Morgan fingerprint density at radius 2 is 2.07 bits per heavy atom. The van der Waals surface area contributed by atoms with Gasteiger partial charge in [-0.15, -0.1) is 6.58 Å². The van der Waals surface area contributed by atoms with Gasteiger partial charge < -0.3 is 10.8 Å². The van der Waals surface area contributed by atoms with Gasteiger partial charge in [0.2, 0.25) is 5.82 Å². The Kier molecular flexibility index (Phi) is 3.23. The molecule has 1 aromatic carbocycles. The number of nitrogens with two attached hydrogens (primary N) is 1. The Morgan fingerprint density at radius 3 is 2.57 bits per heavy atom. The maximum absolute atomic E-state index is 13.0. The van der Waals surface area contributed by atoms with Crippen molar-refractivity contribution < 1.29 is 13.9 Å². The lowest BCUT2D eigenvalue weighted by Crippen LogP contribution is -2.08. The summed E-state index contributed by atoms with van der Waals surface area (Å²) in [6, 6.07) is 0.487. The molecule has 0 aliphatic heterocycles. The molecule has 2 nitrogen and oxygen atoms in total. The normalized spacial score (nSPS) is 12.6. The van der Waals surface area contributed by atoms with Crippen LogP contribution < -0.4 is 5.73 Å². The summed E-state index contributed by atoms with van der Waals surface area (Å²) in [5.41, 5.74) is 5.58. The second kappa shape index (κ2) is 4.06. The average molecular weight is 264 g/mol. The average Bonchev–Trinajstić information content (AvgIpc) is 2.19. The van der Waals surface area contributed by atoms with Crippen LogP contribution in [0.5, 0.6) is 5.75 Å². The van der Waals surface area contributed by atoms with Crippen molar-refractivity contribution in [3.63, 3.8) is 0 Å². The summed E-state index contributed by atoms with van der Waals surface area (Å²) in [6.45, 7) is 3.39. The van der Waals surface area contributed by atoms with Gasteiger partial charge in [-0.05, 0) is 22.0 Å². The van der Waals surface area contributed by atoms with Crippen molar-refractivity contribution >= 4 is 15.9 Å². The first-order valence-corrected chi connectivity index (χ1v) is 4.52. The van der Waals surface area contributed by atoms with Gasteiger partial charge in [0.15, 0.2) is 11.6 Å². The van der Waals surface area contributed by atoms with Crippen molar-refractivity contribution in [2.45, 2.75) is 6.04 Å². The lowest BCUT2D eigenvalue weighted by Gasteiger charge is -2.11. The zero-order chi connectivity index (χ0) is 10.9. The predicted octanol–water partition coefficient (Wildman–Crippen LogP) is 2.62. The number of hydrogen-bond donors (Lipinski definition) is 2. The Balaban J connectivity index is 3.40. The standard InChI is InChI=1S/C9H8BrF2NO/c1-2-6(13)4-3-5(10)7(11)8(12)9(4)14/h2-3,6,14H,1,13H2/t6-/m0/s1. The highest BCUT2D eigenvalue weighted by atomic mass is 79.9. The minimum Gasteiger partial charge on any atom is -0.505 e. The van der Waals surface area contributed by atoms with Crippen LogP contribution in [0.25, 0.3) is 0 Å². The van der Waals surface area contributed by atoms with E-state index >= 15 is 0 Å². The number of hydrogen-bond acceptors (Lipinski definition) is 2. The largest absolute Gasteiger partial charge is 0.505 e. The fourth-order valence-corrected chi connectivity index (χ4v) is 1.41. The van der Waals surface area contributed by atoms with Gasteiger partial charge in [0.25, 0.3) is 0 Å². The number of aromatic hydroxyl groups is 1. The Labute approximate surface area is 88.2 Å². The SMILES string of the molecule is C=C[C@H](N)c1cc(Br)c(F)c(F)c1O. The molecule has 0 fully saturated rings. The van der Waals surface area contributed by atoms with Crippen LogP contribution in [-0.2, 0) is 0 Å². The van der Waals surface area contributed by atoms with Crippen LogP contribution in [0.15, 0.2) is 23.2 Å². The molecule has 0 aliphatic carbocycles. The highest BCUT2D eigenvalue weighted by molar-refractivity contribution is 9.10. The maximum Gasteiger partial charge on any atom is 0.201 e. The zero-order valence-corrected chi connectivity index (χ0v) is 8.68. The van der Waals surface area contributed by atoms with Crippen LogP contribution in [0, 0.1) is 11.6 Å². The van der Waals surface area contributed by atoms with Crippen molar-refractivity contribution in [1.82, 2.24) is 0 Å². The summed E-state index contributed by atoms with van der Waals surface area (Å²) in [6.07, 6.45) is 1.32. The summed E-state index contributed by atoms with van der Waals surface area (Å²) in [5, 5.41) is 9.24. The van der Waals surface area contributed by atoms with Crippen molar-refractivity contribution in [2.24, 2.45) is 5.73 Å². The van der Waals surface area contributed by atoms with Crippen LogP contribution in [0.1, 0.15) is 11.6 Å². The van der Waals surface area contributed by atoms with Gasteiger partial charge in [0, 0.05) is 5.56 Å². The monoisotopic (exact) mass is 263 g/mol. The Bertz CT molecular complexity index is 382. The van der Waals surface area contributed by atoms with Crippen LogP contribution in [0.2, 0.25) is 0 Å². The molecule has 14 heavy (non-hydrogen) atoms. The third-order valence-electron chi connectivity index (χ3n) is 1.78. The van der Waals surface area contributed by atoms with Gasteiger partial charge in [-0.25, -0.2) is 4.39 Å². The second-order valence-corrected chi connectivity index (χ2v) is 3.54. The van der Waals surface area contributed by atoms with Gasteiger partial charge >= 0.3 is 0 Å². The van der Waals surface area contributed by atoms with E-state index in [1.807, 2.05) is 0 Å². The van der Waals surface area contributed by atoms with Gasteiger partial charge in [0.1, 0.15) is 0 Å². The quantitative estimate of drug-likeness (QED) is 0.637. The van der Waals surface area contributed by atoms with E-state index < -0.39 is 23.4 Å². The molecule has 0 spiro atoms. The molecule has 3 N–H and O–H groups in total. The molecule has 0 saturated carbocycles. The molecule has 0 heterocycles. The lowest BCUT2D eigenvalue weighted by atomic mass is 10.1. The van der Waals surface area contributed by atoms with Gasteiger partial charge in [-0.3, -0.25) is 0 Å². The van der Waals surface area contributed by atoms with Crippen LogP contribution >= 0.6 is 15.9 Å². The molecule has 1 rings (SSSR count). The van der Waals surface area contributed by atoms with Crippen molar-refractivity contribution in [3.05, 3.63) is 40.4 Å². The molecular weight excluding hydrogens is 256 g/mol. The predicted molar refractivity (Wildman–Crippen MR) is 52.8 cm³/mol. The molecule has 1 aromatic rings. The number of phenols is 1. The van der Waals surface area contributed by atoms with Crippen LogP contribution in [0.3, 0.4) is 0 Å². The third kappa shape index (κ3) is 1.78. The highest BCUT2D eigenvalue weighted by Crippen LogP contribution is 2.32. The van der Waals surface area contributed by atoms with E-state index in [0.717, 1.165) is 0 Å². The number of phenolic OH excluding ortho intramolecular Hbond substituents is 1. The first kappa shape index (κ1) is 11.1. The van der Waals surface area contributed by atoms with Crippen molar-refractivity contribution in [2.75, 3.05) is 0 Å². The van der Waals surface area contributed by atoms with E-state index in [1.165, 1.54) is 12.1 Å². The Morgan fingerprint density at radius 1 is 1.50 bits per heavy atom. The van der Waals surface area contributed by atoms with E-state index in [-0.39, 0.29) is 10.0 Å². The molecule has 1 atom stereocenters. The molecule has 76 valence electrons. The molecule has 0 aromatic heterocycles. The second-order valence-electron chi connectivity index (χ2n) is 2.69. The highest BCUT2D eigenvalue weighted by Gasteiger charge is 2.18. The smallest absolute Gasteiger partial charge is 0.201 e. The lowest BCUT2D eigenvalue weighted by molar-refractivity contribution is 0.398. The van der Waals surface area contributed by atoms with Crippen LogP contribution in [0.4, 0.5) is 8.78 Å². The molecule has 0 bridgehead atoms. The van der Waals surface area contributed by atoms with Crippen molar-refractivity contribution in [3.8, 4) is 5.75 Å². The van der Waals surface area contributed by atoms with Gasteiger partial charge in [0.05, 0.1) is 10.5 Å². The van der Waals surface area contributed by atoms with E-state index in [1.54, 1.807) is 0 Å². The topological polar surface area (TPSA) is 46.2 Å². The number of rotatable bonds is 2. The molecule has 5 heteroatoms.